The van der Waals surface area contributed by atoms with Crippen molar-refractivity contribution in [2.24, 2.45) is 0 Å². The van der Waals surface area contributed by atoms with Crippen LogP contribution < -0.4 is 4.74 Å². The molecule has 125 valence electrons. The Morgan fingerprint density at radius 1 is 0.769 bits per heavy atom. The van der Waals surface area contributed by atoms with Crippen LogP contribution in [0.1, 0.15) is 5.56 Å². The van der Waals surface area contributed by atoms with Gasteiger partial charge in [0.25, 0.3) is 0 Å². The molecule has 3 aromatic carbocycles. The average molecular weight is 337 g/mol. The van der Waals surface area contributed by atoms with Crippen LogP contribution in [-0.4, -0.2) is 9.97 Å². The van der Waals surface area contributed by atoms with Crippen LogP contribution in [0.5, 0.6) is 5.88 Å². The summed E-state index contributed by atoms with van der Waals surface area (Å²) in [5.41, 5.74) is 5.18. The third-order valence-corrected chi connectivity index (χ3v) is 4.07. The van der Waals surface area contributed by atoms with Gasteiger partial charge in [-0.15, -0.1) is 0 Å². The van der Waals surface area contributed by atoms with Gasteiger partial charge in [-0.1, -0.05) is 78.9 Å². The summed E-state index contributed by atoms with van der Waals surface area (Å²) >= 11 is 0. The fourth-order valence-electron chi connectivity index (χ4n) is 2.70. The van der Waals surface area contributed by atoms with Crippen molar-refractivity contribution in [2.45, 2.75) is 6.61 Å². The maximum absolute atomic E-state index is 5.79. The standard InChI is InChI=1S/C23H17N2O/c1-3-7-18(8-4-1)16-26-23-15-22(24-17-25-23)21-13-11-20(12-14-21)19-9-5-2-6-10-19/h1-9,11-15,17H,16H2. The molecule has 0 bridgehead atoms. The Balaban J connectivity index is 1.51. The van der Waals surface area contributed by atoms with E-state index in [4.69, 9.17) is 4.74 Å². The van der Waals surface area contributed by atoms with E-state index in [1.165, 1.54) is 6.33 Å². The van der Waals surface area contributed by atoms with Gasteiger partial charge in [-0.3, -0.25) is 0 Å². The minimum Gasteiger partial charge on any atom is -0.473 e. The summed E-state index contributed by atoms with van der Waals surface area (Å²) in [6.45, 7) is 0.486. The van der Waals surface area contributed by atoms with Gasteiger partial charge in [0.2, 0.25) is 5.88 Å². The highest BCUT2D eigenvalue weighted by molar-refractivity contribution is 5.68. The van der Waals surface area contributed by atoms with Gasteiger partial charge in [0, 0.05) is 11.6 Å². The van der Waals surface area contributed by atoms with Crippen molar-refractivity contribution in [3.8, 4) is 28.3 Å². The normalized spacial score (nSPS) is 10.5. The summed E-state index contributed by atoms with van der Waals surface area (Å²) < 4.78 is 5.79. The number of nitrogens with zero attached hydrogens (tertiary/aromatic N) is 2. The molecule has 0 saturated carbocycles. The first-order valence-corrected chi connectivity index (χ1v) is 8.45. The van der Waals surface area contributed by atoms with Gasteiger partial charge in [0.05, 0.1) is 5.69 Å². The molecule has 1 heterocycles. The molecule has 0 amide bonds. The van der Waals surface area contributed by atoms with Crippen molar-refractivity contribution in [3.63, 3.8) is 0 Å². The number of hydrogen-bond acceptors (Lipinski definition) is 3. The highest BCUT2D eigenvalue weighted by Crippen LogP contribution is 2.24. The molecule has 0 spiro atoms. The largest absolute Gasteiger partial charge is 0.473 e. The third-order valence-electron chi connectivity index (χ3n) is 4.07. The van der Waals surface area contributed by atoms with E-state index in [1.54, 1.807) is 0 Å². The zero-order valence-corrected chi connectivity index (χ0v) is 14.2. The summed E-state index contributed by atoms with van der Waals surface area (Å²) in [4.78, 5) is 8.57. The summed E-state index contributed by atoms with van der Waals surface area (Å²) in [5.74, 6) is 0.569. The number of ether oxygens (including phenoxy) is 1. The number of aromatic nitrogens is 2. The smallest absolute Gasteiger partial charge is 0.217 e. The maximum Gasteiger partial charge on any atom is 0.217 e. The van der Waals surface area contributed by atoms with Gasteiger partial charge in [0.15, 0.2) is 0 Å². The monoisotopic (exact) mass is 337 g/mol. The molecule has 3 nitrogen and oxygen atoms in total. The van der Waals surface area contributed by atoms with E-state index in [0.717, 1.165) is 27.9 Å². The summed E-state index contributed by atoms with van der Waals surface area (Å²) in [6.07, 6.45) is 1.54. The lowest BCUT2D eigenvalue weighted by Gasteiger charge is -2.07. The maximum atomic E-state index is 5.79. The van der Waals surface area contributed by atoms with Gasteiger partial charge in [-0.2, -0.15) is 0 Å². The van der Waals surface area contributed by atoms with Crippen LogP contribution in [0.15, 0.2) is 91.3 Å². The van der Waals surface area contributed by atoms with Gasteiger partial charge < -0.3 is 4.74 Å². The van der Waals surface area contributed by atoms with E-state index in [1.807, 2.05) is 54.6 Å². The Morgan fingerprint density at radius 2 is 1.54 bits per heavy atom. The minimum absolute atomic E-state index is 0.486. The third kappa shape index (κ3) is 3.78. The summed E-state index contributed by atoms with van der Waals surface area (Å²) in [6, 6.07) is 31.4. The van der Waals surface area contributed by atoms with Crippen LogP contribution in [0.2, 0.25) is 0 Å². The van der Waals surface area contributed by atoms with Crippen molar-refractivity contribution in [1.29, 1.82) is 0 Å². The Hall–Kier alpha value is -3.46. The average Bonchev–Trinajstić information content (AvgIpc) is 2.74. The minimum atomic E-state index is 0.486. The Morgan fingerprint density at radius 3 is 2.31 bits per heavy atom. The van der Waals surface area contributed by atoms with Crippen LogP contribution in [0, 0.1) is 6.07 Å². The summed E-state index contributed by atoms with van der Waals surface area (Å²) in [5, 5.41) is 0. The van der Waals surface area contributed by atoms with E-state index < -0.39 is 0 Å². The highest BCUT2D eigenvalue weighted by Gasteiger charge is 2.04. The molecule has 4 rings (SSSR count). The van der Waals surface area contributed by atoms with Gasteiger partial charge >= 0.3 is 0 Å². The molecule has 0 N–H and O–H groups in total. The number of rotatable bonds is 5. The molecule has 0 saturated heterocycles. The quantitative estimate of drug-likeness (QED) is 0.503. The molecule has 0 aliphatic rings. The molecule has 3 heteroatoms. The zero-order valence-electron chi connectivity index (χ0n) is 14.2. The van der Waals surface area contributed by atoms with Crippen molar-refractivity contribution in [3.05, 3.63) is 103 Å². The van der Waals surface area contributed by atoms with E-state index >= 15 is 0 Å². The lowest BCUT2D eigenvalue weighted by atomic mass is 10.0. The first-order valence-electron chi connectivity index (χ1n) is 8.45. The van der Waals surface area contributed by atoms with E-state index in [0.29, 0.717) is 12.5 Å². The summed E-state index contributed by atoms with van der Waals surface area (Å²) in [7, 11) is 0. The van der Waals surface area contributed by atoms with Crippen molar-refractivity contribution in [2.75, 3.05) is 0 Å². The molecular weight excluding hydrogens is 320 g/mol. The molecule has 1 radical (unpaired) electrons. The highest BCUT2D eigenvalue weighted by atomic mass is 16.5. The van der Waals surface area contributed by atoms with Gasteiger partial charge in [-0.25, -0.2) is 9.97 Å². The number of hydrogen-bond donors (Lipinski definition) is 0. The second kappa shape index (κ2) is 7.62. The van der Waals surface area contributed by atoms with E-state index in [2.05, 4.69) is 46.4 Å². The van der Waals surface area contributed by atoms with Crippen LogP contribution >= 0.6 is 0 Å². The molecule has 4 aromatic rings. The lowest BCUT2D eigenvalue weighted by Crippen LogP contribution is -1.98. The molecule has 26 heavy (non-hydrogen) atoms. The first kappa shape index (κ1) is 16.0. The second-order valence-corrected chi connectivity index (χ2v) is 5.87. The Bertz CT molecular complexity index is 968. The molecular formula is C23H17N2O. The Labute approximate surface area is 153 Å². The van der Waals surface area contributed by atoms with Crippen LogP contribution in [0.3, 0.4) is 0 Å². The molecule has 0 aliphatic heterocycles. The van der Waals surface area contributed by atoms with Crippen LogP contribution in [0.4, 0.5) is 0 Å². The van der Waals surface area contributed by atoms with Crippen LogP contribution in [-0.2, 0) is 6.61 Å². The SMILES string of the molecule is [c]1ccccc1-c1ccc(-c2cc(OCc3ccccc3)ncn2)cc1. The molecule has 0 atom stereocenters. The van der Waals surface area contributed by atoms with Crippen molar-refractivity contribution in [1.82, 2.24) is 9.97 Å². The number of benzene rings is 3. The molecule has 0 fully saturated rings. The lowest BCUT2D eigenvalue weighted by molar-refractivity contribution is 0.293. The fourth-order valence-corrected chi connectivity index (χ4v) is 2.70. The van der Waals surface area contributed by atoms with E-state index in [9.17, 15) is 0 Å². The zero-order chi connectivity index (χ0) is 17.6. The predicted octanol–water partition coefficient (Wildman–Crippen LogP) is 5.19. The predicted molar refractivity (Wildman–Crippen MR) is 103 cm³/mol. The van der Waals surface area contributed by atoms with Crippen LogP contribution in [0.25, 0.3) is 22.4 Å². The molecule has 1 aromatic heterocycles. The second-order valence-electron chi connectivity index (χ2n) is 5.87. The first-order chi connectivity index (χ1) is 12.9. The van der Waals surface area contributed by atoms with Gasteiger partial charge in [-0.05, 0) is 22.8 Å². The van der Waals surface area contributed by atoms with Gasteiger partial charge in [0.1, 0.15) is 12.9 Å². The Kier molecular flexibility index (Phi) is 4.70. The van der Waals surface area contributed by atoms with Crippen molar-refractivity contribution >= 4 is 0 Å². The molecule has 0 unspecified atom stereocenters. The van der Waals surface area contributed by atoms with Crippen molar-refractivity contribution < 1.29 is 4.74 Å². The van der Waals surface area contributed by atoms with E-state index in [-0.39, 0.29) is 0 Å². The molecule has 0 aliphatic carbocycles. The fraction of sp³-hybridized carbons (Fsp3) is 0.0435. The topological polar surface area (TPSA) is 35.0 Å².